The van der Waals surface area contributed by atoms with Crippen LogP contribution >= 0.6 is 0 Å². The summed E-state index contributed by atoms with van der Waals surface area (Å²) >= 11 is 0. The molecular formula is C27H28FN9O2. The summed E-state index contributed by atoms with van der Waals surface area (Å²) in [6, 6.07) is 12.4. The summed E-state index contributed by atoms with van der Waals surface area (Å²) in [5.41, 5.74) is 3.61. The number of nitriles is 1. The van der Waals surface area contributed by atoms with Crippen LogP contribution < -0.4 is 10.2 Å². The molecule has 5 heterocycles. The Morgan fingerprint density at radius 3 is 2.77 bits per heavy atom. The third kappa shape index (κ3) is 4.94. The Balaban J connectivity index is 1.34. The predicted octanol–water partition coefficient (Wildman–Crippen LogP) is 2.06. The largest absolute Gasteiger partial charge is 0.377 e. The van der Waals surface area contributed by atoms with Crippen molar-refractivity contribution in [1.29, 1.82) is 5.26 Å². The van der Waals surface area contributed by atoms with Crippen molar-refractivity contribution in [1.82, 2.24) is 34.6 Å². The molecule has 2 aliphatic rings. The first kappa shape index (κ1) is 25.0. The zero-order valence-electron chi connectivity index (χ0n) is 21.5. The quantitative estimate of drug-likeness (QED) is 0.387. The third-order valence-electron chi connectivity index (χ3n) is 7.23. The number of amides is 1. The van der Waals surface area contributed by atoms with E-state index in [0.717, 1.165) is 17.7 Å². The van der Waals surface area contributed by atoms with Crippen molar-refractivity contribution in [2.75, 3.05) is 51.5 Å². The molecule has 1 atom stereocenters. The lowest BCUT2D eigenvalue weighted by molar-refractivity contribution is -0.0286. The van der Waals surface area contributed by atoms with Crippen LogP contribution in [0.4, 0.5) is 10.2 Å². The van der Waals surface area contributed by atoms with Gasteiger partial charge in [-0.1, -0.05) is 12.1 Å². The zero-order chi connectivity index (χ0) is 26.9. The molecule has 6 rings (SSSR count). The van der Waals surface area contributed by atoms with Gasteiger partial charge in [0.05, 0.1) is 48.8 Å². The highest BCUT2D eigenvalue weighted by atomic mass is 19.1. The minimum atomic E-state index is -0.529. The Kier molecular flexibility index (Phi) is 6.68. The molecule has 2 fully saturated rings. The van der Waals surface area contributed by atoms with Gasteiger partial charge in [0.1, 0.15) is 18.2 Å². The van der Waals surface area contributed by atoms with Crippen LogP contribution in [0.3, 0.4) is 0 Å². The van der Waals surface area contributed by atoms with Crippen LogP contribution in [-0.2, 0) is 11.3 Å². The maximum absolute atomic E-state index is 14.2. The molecule has 200 valence electrons. The van der Waals surface area contributed by atoms with Gasteiger partial charge >= 0.3 is 0 Å². The number of aromatic nitrogens is 5. The lowest BCUT2D eigenvalue weighted by Gasteiger charge is -2.40. The molecule has 0 saturated carbocycles. The average molecular weight is 530 g/mol. The van der Waals surface area contributed by atoms with Gasteiger partial charge in [-0.3, -0.25) is 9.48 Å². The molecule has 12 heteroatoms. The lowest BCUT2D eigenvalue weighted by Crippen LogP contribution is -2.53. The van der Waals surface area contributed by atoms with Gasteiger partial charge in [-0.25, -0.2) is 9.37 Å². The summed E-state index contributed by atoms with van der Waals surface area (Å²) in [5, 5.41) is 21.2. The number of carbonyl (C=O) groups excluding carboxylic acids is 1. The van der Waals surface area contributed by atoms with Gasteiger partial charge in [-0.05, 0) is 24.7 Å². The molecule has 1 aromatic carbocycles. The zero-order valence-corrected chi connectivity index (χ0v) is 21.5. The summed E-state index contributed by atoms with van der Waals surface area (Å²) in [4.78, 5) is 21.9. The Hall–Kier alpha value is -4.34. The summed E-state index contributed by atoms with van der Waals surface area (Å²) in [6.45, 7) is 2.92. The first-order chi connectivity index (χ1) is 19.0. The fourth-order valence-electron chi connectivity index (χ4n) is 4.88. The van der Waals surface area contributed by atoms with Crippen LogP contribution in [0, 0.1) is 11.3 Å². The van der Waals surface area contributed by atoms with E-state index in [1.54, 1.807) is 41.0 Å². The Bertz CT molecular complexity index is 1540. The maximum atomic E-state index is 14.2. The molecule has 3 aromatic heterocycles. The standard InChI is InChI=1S/C27H28FN9O2/c1-34-6-7-35(21(10-28)15-34)26-9-24(27(38)30-12-19-4-2-18(11-29)3-5-19)32-25-8-23(33-37(25)26)20-13-31-36(14-20)22-16-39-17-22/h2-5,8-9,13-14,21-22H,6-7,10,12,15-17H2,1H3,(H,30,38)/t21-/m1/s1. The summed E-state index contributed by atoms with van der Waals surface area (Å²) in [6.07, 6.45) is 3.69. The molecular weight excluding hydrogens is 501 g/mol. The number of likely N-dealkylation sites (N-methyl/N-ethyl adjacent to an activating group) is 1. The van der Waals surface area contributed by atoms with Gasteiger partial charge in [-0.15, -0.1) is 0 Å². The van der Waals surface area contributed by atoms with Gasteiger partial charge in [-0.2, -0.15) is 20.0 Å². The van der Waals surface area contributed by atoms with Crippen molar-refractivity contribution in [3.05, 3.63) is 65.6 Å². The van der Waals surface area contributed by atoms with Crippen LogP contribution in [0.25, 0.3) is 16.9 Å². The smallest absolute Gasteiger partial charge is 0.270 e. The minimum absolute atomic E-state index is 0.214. The van der Waals surface area contributed by atoms with Gasteiger partial charge < -0.3 is 19.9 Å². The molecule has 0 unspecified atom stereocenters. The van der Waals surface area contributed by atoms with E-state index >= 15 is 0 Å². The number of carbonyl (C=O) groups is 1. The number of benzene rings is 1. The number of anilines is 1. The summed E-state index contributed by atoms with van der Waals surface area (Å²) in [7, 11) is 1.97. The Morgan fingerprint density at radius 2 is 2.05 bits per heavy atom. The van der Waals surface area contributed by atoms with E-state index in [2.05, 4.69) is 26.4 Å². The maximum Gasteiger partial charge on any atom is 0.270 e. The number of ether oxygens (including phenoxy) is 1. The molecule has 4 aromatic rings. The van der Waals surface area contributed by atoms with E-state index in [1.807, 2.05) is 28.9 Å². The summed E-state index contributed by atoms with van der Waals surface area (Å²) < 4.78 is 23.0. The highest BCUT2D eigenvalue weighted by Crippen LogP contribution is 2.27. The molecule has 0 bridgehead atoms. The SMILES string of the molecule is CN1CCN(c2cc(C(=O)NCc3ccc(C#N)cc3)nc3cc(-c4cnn(C5COC5)c4)nn23)[C@H](CF)C1. The average Bonchev–Trinajstić information content (AvgIpc) is 3.58. The van der Waals surface area contributed by atoms with Gasteiger partial charge in [0.15, 0.2) is 5.65 Å². The van der Waals surface area contributed by atoms with Crippen molar-refractivity contribution < 1.29 is 13.9 Å². The van der Waals surface area contributed by atoms with Crippen molar-refractivity contribution in [3.63, 3.8) is 0 Å². The number of hydrogen-bond acceptors (Lipinski definition) is 8. The van der Waals surface area contributed by atoms with Crippen molar-refractivity contribution >= 4 is 17.4 Å². The van der Waals surface area contributed by atoms with E-state index < -0.39 is 6.67 Å². The molecule has 0 aliphatic carbocycles. The first-order valence-corrected chi connectivity index (χ1v) is 12.8. The van der Waals surface area contributed by atoms with Crippen LogP contribution in [-0.4, -0.2) is 87.8 Å². The number of hydrogen-bond donors (Lipinski definition) is 1. The molecule has 2 aliphatic heterocycles. The second kappa shape index (κ2) is 10.4. The van der Waals surface area contributed by atoms with Crippen molar-refractivity contribution in [2.24, 2.45) is 0 Å². The number of alkyl halides is 1. The molecule has 0 radical (unpaired) electrons. The molecule has 1 N–H and O–H groups in total. The lowest BCUT2D eigenvalue weighted by atomic mass is 10.1. The molecule has 2 saturated heterocycles. The number of nitrogens with zero attached hydrogens (tertiary/aromatic N) is 8. The molecule has 1 amide bonds. The van der Waals surface area contributed by atoms with Gasteiger partial charge in [0.25, 0.3) is 5.91 Å². The number of fused-ring (bicyclic) bond motifs is 1. The molecule has 39 heavy (non-hydrogen) atoms. The van der Waals surface area contributed by atoms with Crippen LogP contribution in [0.15, 0.2) is 48.8 Å². The number of piperazine rings is 1. The predicted molar refractivity (Wildman–Crippen MR) is 141 cm³/mol. The van der Waals surface area contributed by atoms with E-state index in [0.29, 0.717) is 49.0 Å². The summed E-state index contributed by atoms with van der Waals surface area (Å²) in [5.74, 6) is 0.264. The first-order valence-electron chi connectivity index (χ1n) is 12.8. The minimum Gasteiger partial charge on any atom is -0.377 e. The number of rotatable bonds is 7. The molecule has 0 spiro atoms. The van der Waals surface area contributed by atoms with Gasteiger partial charge in [0.2, 0.25) is 0 Å². The topological polar surface area (TPSA) is 117 Å². The van der Waals surface area contributed by atoms with Crippen LogP contribution in [0.1, 0.15) is 27.7 Å². The van der Waals surface area contributed by atoms with Crippen LogP contribution in [0.2, 0.25) is 0 Å². The fraction of sp³-hybridized carbons (Fsp3) is 0.370. The van der Waals surface area contributed by atoms with E-state index in [1.165, 1.54) is 0 Å². The van der Waals surface area contributed by atoms with Gasteiger partial charge in [0, 0.05) is 50.1 Å². The Morgan fingerprint density at radius 1 is 1.23 bits per heavy atom. The second-order valence-corrected chi connectivity index (χ2v) is 9.95. The van der Waals surface area contributed by atoms with Crippen LogP contribution in [0.5, 0.6) is 0 Å². The Labute approximate surface area is 224 Å². The van der Waals surface area contributed by atoms with E-state index in [9.17, 15) is 9.18 Å². The second-order valence-electron chi connectivity index (χ2n) is 9.95. The highest BCUT2D eigenvalue weighted by molar-refractivity contribution is 5.93. The third-order valence-corrected chi connectivity index (χ3v) is 7.23. The highest BCUT2D eigenvalue weighted by Gasteiger charge is 2.29. The van der Waals surface area contributed by atoms with E-state index in [4.69, 9.17) is 15.1 Å². The monoisotopic (exact) mass is 529 g/mol. The van der Waals surface area contributed by atoms with Crippen molar-refractivity contribution in [3.8, 4) is 17.3 Å². The molecule has 11 nitrogen and oxygen atoms in total. The number of halogens is 1. The number of nitrogens with one attached hydrogen (secondary N) is 1. The van der Waals surface area contributed by atoms with E-state index in [-0.39, 0.29) is 30.2 Å². The normalized spacial score (nSPS) is 18.2. The van der Waals surface area contributed by atoms with Crippen molar-refractivity contribution in [2.45, 2.75) is 18.6 Å². The fourth-order valence-corrected chi connectivity index (χ4v) is 4.88.